The molecule has 0 aliphatic carbocycles. The highest BCUT2D eigenvalue weighted by Gasteiger charge is 2.13. The summed E-state index contributed by atoms with van der Waals surface area (Å²) in [5, 5.41) is 3.38. The van der Waals surface area contributed by atoms with Crippen molar-refractivity contribution >= 4 is 34.2 Å². The topological polar surface area (TPSA) is 73.6 Å². The molecular formula is C15H24BrClN2O3. The third-order valence-corrected chi connectivity index (χ3v) is 3.20. The van der Waals surface area contributed by atoms with Gasteiger partial charge in [0, 0.05) is 6.54 Å². The van der Waals surface area contributed by atoms with Gasteiger partial charge >= 0.3 is 0 Å². The van der Waals surface area contributed by atoms with Gasteiger partial charge in [-0.3, -0.25) is 4.79 Å². The van der Waals surface area contributed by atoms with E-state index in [0.29, 0.717) is 24.0 Å². The summed E-state index contributed by atoms with van der Waals surface area (Å²) in [5.41, 5.74) is 6.19. The summed E-state index contributed by atoms with van der Waals surface area (Å²) in [4.78, 5) is 10.9. The molecule has 0 spiro atoms. The van der Waals surface area contributed by atoms with Crippen LogP contribution in [0.3, 0.4) is 0 Å². The Morgan fingerprint density at radius 2 is 2.05 bits per heavy atom. The van der Waals surface area contributed by atoms with Crippen LogP contribution in [-0.2, 0) is 11.3 Å². The number of hydrogen-bond donors (Lipinski definition) is 2. The lowest BCUT2D eigenvalue weighted by molar-refractivity contribution is -0.119. The maximum atomic E-state index is 10.9. The minimum Gasteiger partial charge on any atom is -0.490 e. The van der Waals surface area contributed by atoms with Crippen LogP contribution in [0.15, 0.2) is 16.6 Å². The van der Waals surface area contributed by atoms with Gasteiger partial charge in [-0.25, -0.2) is 0 Å². The molecule has 126 valence electrons. The van der Waals surface area contributed by atoms with Crippen LogP contribution in [0.2, 0.25) is 0 Å². The SMILES string of the molecule is CCOc1cc(CNCC(C)C)cc(Br)c1OCC(N)=O.Cl. The van der Waals surface area contributed by atoms with Gasteiger partial charge in [0.05, 0.1) is 11.1 Å². The van der Waals surface area contributed by atoms with Crippen molar-refractivity contribution in [2.24, 2.45) is 11.7 Å². The Kier molecular flexibility index (Phi) is 10.2. The number of primary amides is 1. The monoisotopic (exact) mass is 394 g/mol. The van der Waals surface area contributed by atoms with Gasteiger partial charge in [0.2, 0.25) is 0 Å². The van der Waals surface area contributed by atoms with Crippen LogP contribution in [-0.4, -0.2) is 25.7 Å². The molecule has 1 aromatic carbocycles. The van der Waals surface area contributed by atoms with E-state index in [0.717, 1.165) is 23.1 Å². The molecule has 0 radical (unpaired) electrons. The standard InChI is InChI=1S/C15H23BrN2O3.ClH/c1-4-20-13-6-11(8-18-7-10(2)3)5-12(16)15(13)21-9-14(17)19;/h5-6,10,18H,4,7-9H2,1-3H3,(H2,17,19);1H. The van der Waals surface area contributed by atoms with Gasteiger partial charge in [0.1, 0.15) is 0 Å². The molecule has 0 aliphatic heterocycles. The molecule has 22 heavy (non-hydrogen) atoms. The first-order valence-electron chi connectivity index (χ1n) is 7.01. The van der Waals surface area contributed by atoms with Gasteiger partial charge in [-0.1, -0.05) is 13.8 Å². The van der Waals surface area contributed by atoms with Crippen molar-refractivity contribution in [3.8, 4) is 11.5 Å². The molecule has 0 aliphatic rings. The Labute approximate surface area is 146 Å². The fourth-order valence-corrected chi connectivity index (χ4v) is 2.38. The average Bonchev–Trinajstić information content (AvgIpc) is 2.37. The molecule has 0 fully saturated rings. The normalized spacial score (nSPS) is 10.2. The first-order valence-corrected chi connectivity index (χ1v) is 7.80. The van der Waals surface area contributed by atoms with E-state index in [-0.39, 0.29) is 19.0 Å². The minimum absolute atomic E-state index is 0. The van der Waals surface area contributed by atoms with E-state index in [2.05, 4.69) is 35.1 Å². The van der Waals surface area contributed by atoms with Crippen molar-refractivity contribution in [1.82, 2.24) is 5.32 Å². The molecule has 7 heteroatoms. The second-order valence-electron chi connectivity index (χ2n) is 5.12. The summed E-state index contributed by atoms with van der Waals surface area (Å²) in [7, 11) is 0. The molecule has 5 nitrogen and oxygen atoms in total. The quantitative estimate of drug-likeness (QED) is 0.674. The van der Waals surface area contributed by atoms with Gasteiger partial charge in [0.25, 0.3) is 5.91 Å². The number of amides is 1. The van der Waals surface area contributed by atoms with Crippen LogP contribution in [0.1, 0.15) is 26.3 Å². The van der Waals surface area contributed by atoms with E-state index >= 15 is 0 Å². The van der Waals surface area contributed by atoms with Crippen LogP contribution in [0.5, 0.6) is 11.5 Å². The van der Waals surface area contributed by atoms with Gasteiger partial charge in [0.15, 0.2) is 18.1 Å². The second-order valence-corrected chi connectivity index (χ2v) is 5.97. The summed E-state index contributed by atoms with van der Waals surface area (Å²) < 4.78 is 11.7. The second kappa shape index (κ2) is 10.7. The number of carbonyl (C=O) groups is 1. The third-order valence-electron chi connectivity index (χ3n) is 2.61. The zero-order chi connectivity index (χ0) is 15.8. The van der Waals surface area contributed by atoms with Crippen molar-refractivity contribution in [1.29, 1.82) is 0 Å². The fraction of sp³-hybridized carbons (Fsp3) is 0.533. The lowest BCUT2D eigenvalue weighted by Gasteiger charge is -2.15. The van der Waals surface area contributed by atoms with Gasteiger partial charge in [-0.15, -0.1) is 12.4 Å². The number of ether oxygens (including phenoxy) is 2. The van der Waals surface area contributed by atoms with E-state index in [9.17, 15) is 4.79 Å². The molecule has 1 amide bonds. The van der Waals surface area contributed by atoms with E-state index in [1.807, 2.05) is 19.1 Å². The predicted molar refractivity (Wildman–Crippen MR) is 93.8 cm³/mol. The Morgan fingerprint density at radius 3 is 2.59 bits per heavy atom. The van der Waals surface area contributed by atoms with Crippen LogP contribution < -0.4 is 20.5 Å². The van der Waals surface area contributed by atoms with Gasteiger partial charge < -0.3 is 20.5 Å². The molecule has 3 N–H and O–H groups in total. The number of nitrogens with one attached hydrogen (secondary N) is 1. The smallest absolute Gasteiger partial charge is 0.255 e. The molecule has 0 heterocycles. The molecule has 0 saturated carbocycles. The van der Waals surface area contributed by atoms with Crippen LogP contribution in [0.25, 0.3) is 0 Å². The molecule has 0 bridgehead atoms. The highest BCUT2D eigenvalue weighted by Crippen LogP contribution is 2.36. The first-order chi connectivity index (χ1) is 9.93. The fourth-order valence-electron chi connectivity index (χ4n) is 1.77. The van der Waals surface area contributed by atoms with Crippen molar-refractivity contribution in [3.63, 3.8) is 0 Å². The van der Waals surface area contributed by atoms with E-state index in [1.54, 1.807) is 0 Å². The summed E-state index contributed by atoms with van der Waals surface area (Å²) in [6.45, 7) is 8.25. The zero-order valence-corrected chi connectivity index (χ0v) is 15.6. The van der Waals surface area contributed by atoms with Gasteiger partial charge in [-0.05, 0) is 53.0 Å². The number of nitrogens with two attached hydrogens (primary N) is 1. The Morgan fingerprint density at radius 1 is 1.36 bits per heavy atom. The van der Waals surface area contributed by atoms with Gasteiger partial charge in [-0.2, -0.15) is 0 Å². The molecule has 1 aromatic rings. The molecule has 0 atom stereocenters. The first kappa shape index (κ1) is 21.0. The van der Waals surface area contributed by atoms with E-state index in [1.165, 1.54) is 0 Å². The average molecular weight is 396 g/mol. The lowest BCUT2D eigenvalue weighted by atomic mass is 10.1. The zero-order valence-electron chi connectivity index (χ0n) is 13.1. The number of rotatable bonds is 9. The Balaban J connectivity index is 0.00000441. The van der Waals surface area contributed by atoms with Crippen LogP contribution in [0, 0.1) is 5.92 Å². The highest BCUT2D eigenvalue weighted by atomic mass is 79.9. The van der Waals surface area contributed by atoms with Crippen LogP contribution >= 0.6 is 28.3 Å². The predicted octanol–water partition coefficient (Wildman–Crippen LogP) is 2.88. The Bertz CT molecular complexity index is 484. The maximum absolute atomic E-state index is 10.9. The van der Waals surface area contributed by atoms with E-state index < -0.39 is 5.91 Å². The highest BCUT2D eigenvalue weighted by molar-refractivity contribution is 9.10. The minimum atomic E-state index is -0.521. The van der Waals surface area contributed by atoms with Crippen LogP contribution in [0.4, 0.5) is 0 Å². The number of hydrogen-bond acceptors (Lipinski definition) is 4. The number of benzene rings is 1. The lowest BCUT2D eigenvalue weighted by Crippen LogP contribution is -2.21. The largest absolute Gasteiger partial charge is 0.490 e. The number of carbonyl (C=O) groups excluding carboxylic acids is 1. The molecule has 0 saturated heterocycles. The molecule has 0 unspecified atom stereocenters. The number of halogens is 2. The maximum Gasteiger partial charge on any atom is 0.255 e. The Hall–Kier alpha value is -0.980. The summed E-state index contributed by atoms with van der Waals surface area (Å²) in [6.07, 6.45) is 0. The molecule has 1 rings (SSSR count). The molecular weight excluding hydrogens is 372 g/mol. The summed E-state index contributed by atoms with van der Waals surface area (Å²) in [6, 6.07) is 3.87. The summed E-state index contributed by atoms with van der Waals surface area (Å²) >= 11 is 3.45. The van der Waals surface area contributed by atoms with Crippen molar-refractivity contribution in [2.75, 3.05) is 19.8 Å². The van der Waals surface area contributed by atoms with Crippen molar-refractivity contribution in [3.05, 3.63) is 22.2 Å². The van der Waals surface area contributed by atoms with E-state index in [4.69, 9.17) is 15.2 Å². The third kappa shape index (κ3) is 7.33. The van der Waals surface area contributed by atoms with Crippen molar-refractivity contribution < 1.29 is 14.3 Å². The summed E-state index contributed by atoms with van der Waals surface area (Å²) in [5.74, 6) is 1.18. The van der Waals surface area contributed by atoms with Crippen molar-refractivity contribution in [2.45, 2.75) is 27.3 Å². The molecule has 0 aromatic heterocycles.